The number of rotatable bonds is 6. The Morgan fingerprint density at radius 3 is 2.40 bits per heavy atom. The van der Waals surface area contributed by atoms with Crippen LogP contribution >= 0.6 is 0 Å². The van der Waals surface area contributed by atoms with Gasteiger partial charge in [0, 0.05) is 31.5 Å². The van der Waals surface area contributed by atoms with Crippen LogP contribution < -0.4 is 4.72 Å². The summed E-state index contributed by atoms with van der Waals surface area (Å²) in [6, 6.07) is 8.34. The number of benzene rings is 1. The van der Waals surface area contributed by atoms with Crippen molar-refractivity contribution in [2.24, 2.45) is 0 Å². The molecular weight excluding hydrogens is 342 g/mol. The molecule has 0 unspecified atom stereocenters. The Morgan fingerprint density at radius 1 is 1.12 bits per heavy atom. The highest BCUT2D eigenvalue weighted by Gasteiger charge is 2.15. The molecule has 0 bridgehead atoms. The molecule has 0 atom stereocenters. The van der Waals surface area contributed by atoms with Gasteiger partial charge in [-0.15, -0.1) is 0 Å². The second-order valence-corrected chi connectivity index (χ2v) is 7.51. The van der Waals surface area contributed by atoms with Gasteiger partial charge in [0.1, 0.15) is 17.2 Å². The number of aromatic nitrogens is 2. The fraction of sp³-hybridized carbons (Fsp3) is 0.294. The van der Waals surface area contributed by atoms with Crippen molar-refractivity contribution in [2.45, 2.75) is 32.1 Å². The lowest BCUT2D eigenvalue weighted by molar-refractivity contribution is 0.390. The standard InChI is InChI=1S/C17H19N3O4S/c1-11-10-15(20-24-11)8-9-18-25(21,22)16-6-4-14(5-7-16)17-12(2)23-13(3)19-17/h4-7,10,18H,8-9H2,1-3H3. The molecule has 0 aliphatic heterocycles. The zero-order chi connectivity index (χ0) is 18.0. The number of aryl methyl sites for hydroxylation is 3. The van der Waals surface area contributed by atoms with Crippen molar-refractivity contribution in [3.63, 3.8) is 0 Å². The summed E-state index contributed by atoms with van der Waals surface area (Å²) in [5, 5.41) is 3.84. The molecule has 1 N–H and O–H groups in total. The van der Waals surface area contributed by atoms with E-state index in [0.717, 1.165) is 11.3 Å². The van der Waals surface area contributed by atoms with E-state index in [9.17, 15) is 8.42 Å². The first-order valence-corrected chi connectivity index (χ1v) is 9.30. The Labute approximate surface area is 146 Å². The second-order valence-electron chi connectivity index (χ2n) is 5.74. The van der Waals surface area contributed by atoms with Gasteiger partial charge in [-0.2, -0.15) is 0 Å². The predicted molar refractivity (Wildman–Crippen MR) is 91.5 cm³/mol. The molecule has 132 valence electrons. The zero-order valence-electron chi connectivity index (χ0n) is 14.2. The molecule has 0 saturated heterocycles. The summed E-state index contributed by atoms with van der Waals surface area (Å²) in [5.41, 5.74) is 2.25. The molecule has 7 nitrogen and oxygen atoms in total. The molecule has 8 heteroatoms. The summed E-state index contributed by atoms with van der Waals surface area (Å²) in [4.78, 5) is 4.51. The van der Waals surface area contributed by atoms with Crippen molar-refractivity contribution in [2.75, 3.05) is 6.54 Å². The van der Waals surface area contributed by atoms with E-state index in [1.807, 2.05) is 6.92 Å². The van der Waals surface area contributed by atoms with Crippen LogP contribution in [0.15, 0.2) is 44.2 Å². The van der Waals surface area contributed by atoms with Gasteiger partial charge in [-0.1, -0.05) is 17.3 Å². The third-order valence-corrected chi connectivity index (χ3v) is 5.17. The van der Waals surface area contributed by atoms with Gasteiger partial charge in [0.25, 0.3) is 0 Å². The molecular formula is C17H19N3O4S. The van der Waals surface area contributed by atoms with E-state index in [4.69, 9.17) is 8.94 Å². The van der Waals surface area contributed by atoms with Crippen LogP contribution in [0, 0.1) is 20.8 Å². The Morgan fingerprint density at radius 2 is 1.84 bits per heavy atom. The van der Waals surface area contributed by atoms with E-state index in [1.165, 1.54) is 0 Å². The van der Waals surface area contributed by atoms with Gasteiger partial charge in [-0.05, 0) is 26.0 Å². The first kappa shape index (κ1) is 17.4. The average molecular weight is 361 g/mol. The molecule has 0 fully saturated rings. The minimum atomic E-state index is -3.58. The van der Waals surface area contributed by atoms with Gasteiger partial charge in [-0.25, -0.2) is 18.1 Å². The van der Waals surface area contributed by atoms with Crippen molar-refractivity contribution in [3.8, 4) is 11.3 Å². The Bertz CT molecular complexity index is 972. The minimum Gasteiger partial charge on any atom is -0.446 e. The summed E-state index contributed by atoms with van der Waals surface area (Å²) in [6.07, 6.45) is 0.464. The van der Waals surface area contributed by atoms with Gasteiger partial charge in [0.2, 0.25) is 10.0 Å². The highest BCUT2D eigenvalue weighted by atomic mass is 32.2. The van der Waals surface area contributed by atoms with Crippen LogP contribution in [0.5, 0.6) is 0 Å². The van der Waals surface area contributed by atoms with E-state index >= 15 is 0 Å². The summed E-state index contributed by atoms with van der Waals surface area (Å²) in [7, 11) is -3.58. The zero-order valence-corrected chi connectivity index (χ0v) is 15.1. The van der Waals surface area contributed by atoms with Crippen molar-refractivity contribution in [1.29, 1.82) is 0 Å². The van der Waals surface area contributed by atoms with Gasteiger partial charge >= 0.3 is 0 Å². The highest BCUT2D eigenvalue weighted by Crippen LogP contribution is 2.24. The monoisotopic (exact) mass is 361 g/mol. The quantitative estimate of drug-likeness (QED) is 0.725. The Hall–Kier alpha value is -2.45. The van der Waals surface area contributed by atoms with E-state index in [0.29, 0.717) is 29.5 Å². The predicted octanol–water partition coefficient (Wildman–Crippen LogP) is 2.78. The van der Waals surface area contributed by atoms with Crippen LogP contribution in [-0.2, 0) is 16.4 Å². The van der Waals surface area contributed by atoms with Crippen LogP contribution in [0.2, 0.25) is 0 Å². The average Bonchev–Trinajstić information content (AvgIpc) is 3.12. The maximum atomic E-state index is 12.4. The highest BCUT2D eigenvalue weighted by molar-refractivity contribution is 7.89. The van der Waals surface area contributed by atoms with E-state index in [1.54, 1.807) is 44.2 Å². The topological polar surface area (TPSA) is 98.2 Å². The molecule has 3 rings (SSSR count). The van der Waals surface area contributed by atoms with Crippen LogP contribution in [0.3, 0.4) is 0 Å². The SMILES string of the molecule is Cc1cc(CCNS(=O)(=O)c2ccc(-c3nc(C)oc3C)cc2)no1. The second kappa shape index (κ2) is 6.81. The third kappa shape index (κ3) is 3.97. The maximum absolute atomic E-state index is 12.4. The van der Waals surface area contributed by atoms with E-state index in [2.05, 4.69) is 14.9 Å². The summed E-state index contributed by atoms with van der Waals surface area (Å²) < 4.78 is 37.6. The molecule has 2 aromatic heterocycles. The minimum absolute atomic E-state index is 0.199. The number of hydrogen-bond acceptors (Lipinski definition) is 6. The molecule has 2 heterocycles. The van der Waals surface area contributed by atoms with Gasteiger partial charge in [0.05, 0.1) is 10.6 Å². The molecule has 3 aromatic rings. The fourth-order valence-electron chi connectivity index (χ4n) is 2.52. The first-order valence-electron chi connectivity index (χ1n) is 7.81. The molecule has 0 saturated carbocycles. The number of nitrogens with one attached hydrogen (secondary N) is 1. The van der Waals surface area contributed by atoms with Crippen LogP contribution in [0.25, 0.3) is 11.3 Å². The molecule has 0 amide bonds. The van der Waals surface area contributed by atoms with Gasteiger partial charge in [0.15, 0.2) is 5.89 Å². The largest absolute Gasteiger partial charge is 0.446 e. The molecule has 0 aliphatic carbocycles. The Balaban J connectivity index is 1.68. The number of hydrogen-bond donors (Lipinski definition) is 1. The summed E-state index contributed by atoms with van der Waals surface area (Å²) in [5.74, 6) is 1.98. The van der Waals surface area contributed by atoms with E-state index < -0.39 is 10.0 Å². The molecule has 0 spiro atoms. The fourth-order valence-corrected chi connectivity index (χ4v) is 3.55. The van der Waals surface area contributed by atoms with Crippen LogP contribution in [0.1, 0.15) is 23.1 Å². The lowest BCUT2D eigenvalue weighted by atomic mass is 10.1. The molecule has 0 aliphatic rings. The summed E-state index contributed by atoms with van der Waals surface area (Å²) >= 11 is 0. The molecule has 25 heavy (non-hydrogen) atoms. The number of oxazole rings is 1. The Kier molecular flexibility index (Phi) is 4.73. The van der Waals surface area contributed by atoms with Gasteiger partial charge in [-0.3, -0.25) is 0 Å². The van der Waals surface area contributed by atoms with Crippen molar-refractivity contribution in [3.05, 3.63) is 53.4 Å². The number of nitrogens with zero attached hydrogens (tertiary/aromatic N) is 2. The first-order chi connectivity index (χ1) is 11.8. The van der Waals surface area contributed by atoms with Crippen LogP contribution in [0.4, 0.5) is 0 Å². The van der Waals surface area contributed by atoms with Crippen molar-refractivity contribution < 1.29 is 17.4 Å². The molecule has 0 radical (unpaired) electrons. The van der Waals surface area contributed by atoms with Gasteiger partial charge < -0.3 is 8.94 Å². The van der Waals surface area contributed by atoms with E-state index in [-0.39, 0.29) is 11.4 Å². The summed E-state index contributed by atoms with van der Waals surface area (Å²) in [6.45, 7) is 5.64. The van der Waals surface area contributed by atoms with Crippen LogP contribution in [-0.4, -0.2) is 25.1 Å². The third-order valence-electron chi connectivity index (χ3n) is 3.69. The maximum Gasteiger partial charge on any atom is 0.240 e. The van der Waals surface area contributed by atoms with Crippen molar-refractivity contribution in [1.82, 2.24) is 14.9 Å². The normalized spacial score (nSPS) is 11.8. The lowest BCUT2D eigenvalue weighted by Crippen LogP contribution is -2.26. The van der Waals surface area contributed by atoms with Crippen molar-refractivity contribution >= 4 is 10.0 Å². The lowest BCUT2D eigenvalue weighted by Gasteiger charge is -2.06. The number of sulfonamides is 1. The smallest absolute Gasteiger partial charge is 0.240 e. The molecule has 1 aromatic carbocycles.